The summed E-state index contributed by atoms with van der Waals surface area (Å²) in [5.41, 5.74) is -0.0259. The van der Waals surface area contributed by atoms with Crippen LogP contribution in [-0.2, 0) is 11.0 Å². The molecule has 1 heterocycles. The van der Waals surface area contributed by atoms with Gasteiger partial charge in [0.05, 0.1) is 5.56 Å². The van der Waals surface area contributed by atoms with Gasteiger partial charge in [-0.15, -0.1) is 5.10 Å². The summed E-state index contributed by atoms with van der Waals surface area (Å²) in [6.07, 6.45) is -2.35. The van der Waals surface area contributed by atoms with Crippen LogP contribution in [0.25, 0.3) is 0 Å². The zero-order valence-electron chi connectivity index (χ0n) is 15.1. The summed E-state index contributed by atoms with van der Waals surface area (Å²) in [6, 6.07) is 13.6. The molecule has 150 valence electrons. The largest absolute Gasteiger partial charge is 0.416 e. The quantitative estimate of drug-likeness (QED) is 0.542. The average molecular weight is 418 g/mol. The van der Waals surface area contributed by atoms with Crippen LogP contribution in [0, 0.1) is 0 Å². The molecule has 9 heteroatoms. The van der Waals surface area contributed by atoms with E-state index in [1.807, 2.05) is 6.07 Å². The molecular weight excluding hydrogens is 401 g/mol. The molecule has 1 aliphatic rings. The molecule has 0 bridgehead atoms. The van der Waals surface area contributed by atoms with E-state index in [1.54, 1.807) is 24.3 Å². The molecule has 0 aliphatic heterocycles. The number of nitrogens with one attached hydrogen (secondary N) is 2. The van der Waals surface area contributed by atoms with Gasteiger partial charge in [0.2, 0.25) is 11.1 Å². The van der Waals surface area contributed by atoms with Crippen molar-refractivity contribution in [2.24, 2.45) is 0 Å². The first kappa shape index (κ1) is 19.5. The number of aromatic amines is 1. The smallest absolute Gasteiger partial charge is 0.325 e. The minimum absolute atomic E-state index is 0.0833. The fourth-order valence-corrected chi connectivity index (χ4v) is 3.76. The summed E-state index contributed by atoms with van der Waals surface area (Å²) in [7, 11) is 0. The first-order valence-electron chi connectivity index (χ1n) is 9.02. The van der Waals surface area contributed by atoms with Crippen LogP contribution in [0.1, 0.15) is 41.0 Å². The molecule has 0 radical (unpaired) electrons. The number of halogens is 3. The minimum Gasteiger partial charge on any atom is -0.325 e. The van der Waals surface area contributed by atoms with Crippen molar-refractivity contribution in [3.63, 3.8) is 0 Å². The van der Waals surface area contributed by atoms with E-state index in [4.69, 9.17) is 0 Å². The maximum Gasteiger partial charge on any atom is 0.416 e. The van der Waals surface area contributed by atoms with Gasteiger partial charge in [0.1, 0.15) is 11.1 Å². The molecule has 5 nitrogen and oxygen atoms in total. The Bertz CT molecular complexity index is 1000. The van der Waals surface area contributed by atoms with Gasteiger partial charge in [-0.25, -0.2) is 4.98 Å². The van der Waals surface area contributed by atoms with Crippen molar-refractivity contribution in [2.45, 2.75) is 35.3 Å². The maximum absolute atomic E-state index is 13.0. The van der Waals surface area contributed by atoms with Gasteiger partial charge in [0.25, 0.3) is 0 Å². The summed E-state index contributed by atoms with van der Waals surface area (Å²) in [6.45, 7) is 0. The lowest BCUT2D eigenvalue weighted by molar-refractivity contribution is -0.137. The highest BCUT2D eigenvalue weighted by atomic mass is 32.2. The first-order chi connectivity index (χ1) is 13.9. The predicted octanol–water partition coefficient (Wildman–Crippen LogP) is 5.17. The Hall–Kier alpha value is -2.81. The van der Waals surface area contributed by atoms with E-state index >= 15 is 0 Å². The normalized spacial score (nSPS) is 15.1. The van der Waals surface area contributed by atoms with Crippen LogP contribution in [-0.4, -0.2) is 21.1 Å². The Balaban J connectivity index is 1.56. The van der Waals surface area contributed by atoms with E-state index in [9.17, 15) is 18.0 Å². The summed E-state index contributed by atoms with van der Waals surface area (Å²) in [5.74, 6) is 0.752. The number of thioether (sulfide) groups is 1. The Morgan fingerprint density at radius 2 is 1.90 bits per heavy atom. The van der Waals surface area contributed by atoms with Crippen LogP contribution in [0.2, 0.25) is 0 Å². The number of hydrogen-bond donors (Lipinski definition) is 2. The second-order valence-electron chi connectivity index (χ2n) is 6.75. The Morgan fingerprint density at radius 1 is 1.14 bits per heavy atom. The van der Waals surface area contributed by atoms with E-state index in [2.05, 4.69) is 20.5 Å². The number of carbonyl (C=O) groups excluding carboxylic acids is 1. The van der Waals surface area contributed by atoms with Crippen molar-refractivity contribution in [3.05, 3.63) is 71.5 Å². The summed E-state index contributed by atoms with van der Waals surface area (Å²) in [4.78, 5) is 17.4. The molecule has 2 N–H and O–H groups in total. The predicted molar refractivity (Wildman–Crippen MR) is 103 cm³/mol. The van der Waals surface area contributed by atoms with Crippen molar-refractivity contribution in [2.75, 3.05) is 5.32 Å². The maximum atomic E-state index is 13.0. The molecule has 0 saturated heterocycles. The number of benzene rings is 2. The highest BCUT2D eigenvalue weighted by Gasteiger charge is 2.31. The lowest BCUT2D eigenvalue weighted by atomic mass is 10.1. The monoisotopic (exact) mass is 418 g/mol. The number of anilines is 1. The molecule has 29 heavy (non-hydrogen) atoms. The lowest BCUT2D eigenvalue weighted by Crippen LogP contribution is -2.19. The third-order valence-electron chi connectivity index (χ3n) is 4.47. The van der Waals surface area contributed by atoms with Crippen LogP contribution >= 0.6 is 11.8 Å². The van der Waals surface area contributed by atoms with Crippen molar-refractivity contribution < 1.29 is 18.0 Å². The zero-order chi connectivity index (χ0) is 20.4. The first-order valence-corrected chi connectivity index (χ1v) is 9.90. The molecule has 1 unspecified atom stereocenters. The molecule has 0 spiro atoms. The minimum atomic E-state index is -4.48. The number of amides is 1. The molecule has 1 aromatic heterocycles. The molecule has 2 aromatic carbocycles. The third-order valence-corrected chi connectivity index (χ3v) is 5.58. The zero-order valence-corrected chi connectivity index (χ0v) is 15.9. The number of alkyl halides is 3. The number of carbonyl (C=O) groups is 1. The topological polar surface area (TPSA) is 70.7 Å². The van der Waals surface area contributed by atoms with Crippen LogP contribution in [0.5, 0.6) is 0 Å². The van der Waals surface area contributed by atoms with E-state index in [1.165, 1.54) is 12.1 Å². The highest BCUT2D eigenvalue weighted by molar-refractivity contribution is 8.00. The second kappa shape index (κ2) is 7.90. The van der Waals surface area contributed by atoms with Gasteiger partial charge in [-0.1, -0.05) is 48.2 Å². The molecular formula is C20H17F3N4OS. The number of aromatic nitrogens is 3. The Kier molecular flexibility index (Phi) is 5.31. The lowest BCUT2D eigenvalue weighted by Gasteiger charge is -2.16. The summed E-state index contributed by atoms with van der Waals surface area (Å²) >= 11 is 1.16. The Labute approximate surface area is 169 Å². The molecule has 1 aliphatic carbocycles. The van der Waals surface area contributed by atoms with Gasteiger partial charge >= 0.3 is 6.18 Å². The van der Waals surface area contributed by atoms with Gasteiger partial charge in [0, 0.05) is 11.6 Å². The van der Waals surface area contributed by atoms with Crippen LogP contribution < -0.4 is 5.32 Å². The van der Waals surface area contributed by atoms with Crippen LogP contribution in [0.4, 0.5) is 18.9 Å². The van der Waals surface area contributed by atoms with Gasteiger partial charge in [-0.05, 0) is 36.6 Å². The number of nitrogens with zero attached hydrogens (tertiary/aromatic N) is 2. The summed E-state index contributed by atoms with van der Waals surface area (Å²) in [5, 5.41) is 9.38. The summed E-state index contributed by atoms with van der Waals surface area (Å²) < 4.78 is 38.9. The van der Waals surface area contributed by atoms with E-state index in [0.29, 0.717) is 16.6 Å². The van der Waals surface area contributed by atoms with Crippen LogP contribution in [0.15, 0.2) is 59.8 Å². The second-order valence-corrected chi connectivity index (χ2v) is 7.83. The fraction of sp³-hybridized carbons (Fsp3) is 0.250. The molecule has 1 amide bonds. The van der Waals surface area contributed by atoms with Gasteiger partial charge in [-0.3, -0.25) is 9.89 Å². The van der Waals surface area contributed by atoms with E-state index < -0.39 is 22.9 Å². The number of rotatable bonds is 6. The van der Waals surface area contributed by atoms with E-state index in [0.717, 1.165) is 42.6 Å². The van der Waals surface area contributed by atoms with Crippen LogP contribution in [0.3, 0.4) is 0 Å². The molecule has 1 saturated carbocycles. The van der Waals surface area contributed by atoms with Crippen molar-refractivity contribution in [1.82, 2.24) is 15.2 Å². The van der Waals surface area contributed by atoms with Crippen molar-refractivity contribution >= 4 is 23.4 Å². The van der Waals surface area contributed by atoms with Gasteiger partial charge < -0.3 is 5.32 Å². The van der Waals surface area contributed by atoms with Crippen molar-refractivity contribution in [3.8, 4) is 0 Å². The molecule has 1 fully saturated rings. The number of hydrogen-bond acceptors (Lipinski definition) is 4. The number of H-pyrrole nitrogens is 1. The van der Waals surface area contributed by atoms with Crippen molar-refractivity contribution in [1.29, 1.82) is 0 Å². The van der Waals surface area contributed by atoms with Gasteiger partial charge in [0.15, 0.2) is 0 Å². The third kappa shape index (κ3) is 4.79. The fourth-order valence-electron chi connectivity index (χ4n) is 2.84. The Morgan fingerprint density at radius 3 is 2.59 bits per heavy atom. The highest BCUT2D eigenvalue weighted by Crippen LogP contribution is 2.40. The average Bonchev–Trinajstić information content (AvgIpc) is 3.45. The SMILES string of the molecule is O=C(Nc1cccc(C(F)(F)F)c1)C(Sc1n[nH]c(C2CC2)n1)c1ccccc1. The van der Waals surface area contributed by atoms with Gasteiger partial charge in [-0.2, -0.15) is 13.2 Å². The van der Waals surface area contributed by atoms with E-state index in [-0.39, 0.29) is 5.69 Å². The molecule has 4 rings (SSSR count). The molecule has 3 aromatic rings. The molecule has 1 atom stereocenters. The standard InChI is InChI=1S/C20H17F3N4OS/c21-20(22,23)14-7-4-8-15(11-14)24-18(28)16(12-5-2-1-3-6-12)29-19-25-17(26-27-19)13-9-10-13/h1-8,11,13,16H,9-10H2,(H,24,28)(H,25,26,27).